The maximum absolute atomic E-state index is 11.7. The molecule has 0 spiro atoms. The van der Waals surface area contributed by atoms with Crippen LogP contribution in [0.4, 0.5) is 0 Å². The lowest BCUT2D eigenvalue weighted by atomic mass is 9.43. The van der Waals surface area contributed by atoms with Crippen LogP contribution in [0.1, 0.15) is 78.6 Å². The molecule has 0 radical (unpaired) electrons. The summed E-state index contributed by atoms with van der Waals surface area (Å²) in [6.07, 6.45) is 6.66. The monoisotopic (exact) mass is 450 g/mol. The number of esters is 1. The standard InChI is InChI=1S/C26H42O6/c1-15(5-8-23(30)31-4)18-6-7-19-24-20(13-22(29)26(18,19)3)25(2)10-9-17(32-14-27)11-16(25)12-21(24)28/h14-22,24,28-29H,5-13H2,1-4H3/t15-,16+,17+,18-,19+,20+,21-,22+,24+,25+,26-/m1/s1. The predicted molar refractivity (Wildman–Crippen MR) is 119 cm³/mol. The second-order valence-corrected chi connectivity index (χ2v) is 11.8. The number of carbonyl (C=O) groups is 2. The van der Waals surface area contributed by atoms with E-state index in [0.717, 1.165) is 51.4 Å². The van der Waals surface area contributed by atoms with Crippen LogP contribution in [0, 0.1) is 46.3 Å². The third kappa shape index (κ3) is 3.70. The second kappa shape index (κ2) is 8.90. The fourth-order valence-corrected chi connectivity index (χ4v) is 8.97. The smallest absolute Gasteiger partial charge is 0.305 e. The number of ether oxygens (including phenoxy) is 2. The van der Waals surface area contributed by atoms with Crippen LogP contribution in [0.2, 0.25) is 0 Å². The zero-order chi connectivity index (χ0) is 23.3. The van der Waals surface area contributed by atoms with Crippen LogP contribution in [0.15, 0.2) is 0 Å². The molecule has 4 aliphatic carbocycles. The Balaban J connectivity index is 1.55. The molecule has 0 aromatic heterocycles. The van der Waals surface area contributed by atoms with Crippen molar-refractivity contribution in [1.29, 1.82) is 0 Å². The Morgan fingerprint density at radius 2 is 1.88 bits per heavy atom. The molecule has 2 N–H and O–H groups in total. The molecular formula is C26H42O6. The van der Waals surface area contributed by atoms with Gasteiger partial charge in [-0.3, -0.25) is 9.59 Å². The Morgan fingerprint density at radius 3 is 2.56 bits per heavy atom. The van der Waals surface area contributed by atoms with Crippen molar-refractivity contribution in [2.75, 3.05) is 7.11 Å². The van der Waals surface area contributed by atoms with Gasteiger partial charge in [-0.2, -0.15) is 0 Å². The summed E-state index contributed by atoms with van der Waals surface area (Å²) in [5.41, 5.74) is -0.151. The molecule has 4 fully saturated rings. The highest BCUT2D eigenvalue weighted by molar-refractivity contribution is 5.69. The van der Waals surface area contributed by atoms with Crippen LogP contribution in [-0.4, -0.2) is 48.1 Å². The van der Waals surface area contributed by atoms with Crippen molar-refractivity contribution in [1.82, 2.24) is 0 Å². The van der Waals surface area contributed by atoms with E-state index in [1.165, 1.54) is 7.11 Å². The van der Waals surface area contributed by atoms with Gasteiger partial charge in [0, 0.05) is 6.42 Å². The largest absolute Gasteiger partial charge is 0.469 e. The first-order valence-corrected chi connectivity index (χ1v) is 12.7. The first-order chi connectivity index (χ1) is 15.2. The van der Waals surface area contributed by atoms with E-state index in [0.29, 0.717) is 42.5 Å². The first kappa shape index (κ1) is 24.0. The molecule has 0 heterocycles. The van der Waals surface area contributed by atoms with E-state index in [-0.39, 0.29) is 34.9 Å². The molecule has 0 saturated heterocycles. The van der Waals surface area contributed by atoms with E-state index in [4.69, 9.17) is 9.47 Å². The highest BCUT2D eigenvalue weighted by Gasteiger charge is 2.65. The van der Waals surface area contributed by atoms with Gasteiger partial charge in [-0.05, 0) is 97.7 Å². The minimum atomic E-state index is -0.395. The zero-order valence-corrected chi connectivity index (χ0v) is 20.2. The lowest BCUT2D eigenvalue weighted by molar-refractivity contribution is -0.208. The molecule has 6 heteroatoms. The average molecular weight is 451 g/mol. The molecule has 0 aliphatic heterocycles. The third-order valence-corrected chi connectivity index (χ3v) is 10.8. The Morgan fingerprint density at radius 1 is 1.12 bits per heavy atom. The minimum absolute atomic E-state index is 0.0420. The molecule has 4 aliphatic rings. The summed E-state index contributed by atoms with van der Waals surface area (Å²) in [7, 11) is 1.43. The SMILES string of the molecule is COC(=O)CC[C@@H](C)[C@H]1CC[C@H]2[C@@H]3[C@H](O)C[C@@H]4C[C@@H](OC=O)CC[C@]4(C)[C@H]3C[C@H](O)[C@]12C. The fourth-order valence-electron chi connectivity index (χ4n) is 8.97. The summed E-state index contributed by atoms with van der Waals surface area (Å²) in [5.74, 6) is 1.65. The minimum Gasteiger partial charge on any atom is -0.469 e. The van der Waals surface area contributed by atoms with E-state index in [2.05, 4.69) is 20.8 Å². The summed E-state index contributed by atoms with van der Waals surface area (Å²) in [5, 5.41) is 23.0. The van der Waals surface area contributed by atoms with E-state index < -0.39 is 6.10 Å². The van der Waals surface area contributed by atoms with Crippen molar-refractivity contribution in [2.45, 2.75) is 96.9 Å². The van der Waals surface area contributed by atoms with Crippen LogP contribution >= 0.6 is 0 Å². The number of hydrogen-bond acceptors (Lipinski definition) is 6. The van der Waals surface area contributed by atoms with Gasteiger partial charge in [0.15, 0.2) is 0 Å². The summed E-state index contributed by atoms with van der Waals surface area (Å²) >= 11 is 0. The molecule has 6 nitrogen and oxygen atoms in total. The number of hydrogen-bond donors (Lipinski definition) is 2. The van der Waals surface area contributed by atoms with Gasteiger partial charge in [-0.25, -0.2) is 0 Å². The van der Waals surface area contributed by atoms with Crippen molar-refractivity contribution >= 4 is 12.4 Å². The van der Waals surface area contributed by atoms with Crippen LogP contribution in [0.5, 0.6) is 0 Å². The summed E-state index contributed by atoms with van der Waals surface area (Å²) in [6.45, 7) is 7.38. The van der Waals surface area contributed by atoms with Gasteiger partial charge in [0.1, 0.15) is 6.10 Å². The summed E-state index contributed by atoms with van der Waals surface area (Å²) in [6, 6.07) is 0. The van der Waals surface area contributed by atoms with Crippen LogP contribution in [-0.2, 0) is 19.1 Å². The normalized spacial score (nSPS) is 48.7. The number of methoxy groups -OCH3 is 1. The molecule has 32 heavy (non-hydrogen) atoms. The van der Waals surface area contributed by atoms with Crippen LogP contribution < -0.4 is 0 Å². The van der Waals surface area contributed by atoms with E-state index in [1.54, 1.807) is 0 Å². The van der Waals surface area contributed by atoms with Crippen molar-refractivity contribution in [3.63, 3.8) is 0 Å². The maximum atomic E-state index is 11.7. The summed E-state index contributed by atoms with van der Waals surface area (Å²) in [4.78, 5) is 22.6. The Kier molecular flexibility index (Phi) is 6.68. The number of rotatable bonds is 6. The van der Waals surface area contributed by atoms with Gasteiger partial charge in [0.25, 0.3) is 6.47 Å². The lowest BCUT2D eigenvalue weighted by Crippen LogP contribution is -2.62. The Labute approximate surface area is 192 Å². The predicted octanol–water partition coefficient (Wildman–Crippen LogP) is 3.72. The van der Waals surface area contributed by atoms with Crippen molar-refractivity contribution in [3.05, 3.63) is 0 Å². The van der Waals surface area contributed by atoms with E-state index >= 15 is 0 Å². The van der Waals surface area contributed by atoms with E-state index in [1.807, 2.05) is 0 Å². The molecule has 11 atom stereocenters. The topological polar surface area (TPSA) is 93.1 Å². The number of aliphatic hydroxyl groups is 2. The molecular weight excluding hydrogens is 408 g/mol. The molecule has 0 aromatic rings. The van der Waals surface area contributed by atoms with Gasteiger partial charge < -0.3 is 19.7 Å². The van der Waals surface area contributed by atoms with Gasteiger partial charge in [-0.1, -0.05) is 20.8 Å². The molecule has 4 saturated carbocycles. The fraction of sp³-hybridized carbons (Fsp3) is 0.923. The quantitative estimate of drug-likeness (QED) is 0.473. The van der Waals surface area contributed by atoms with Gasteiger partial charge in [0.2, 0.25) is 0 Å². The molecule has 0 amide bonds. The third-order valence-electron chi connectivity index (χ3n) is 10.8. The molecule has 0 aromatic carbocycles. The van der Waals surface area contributed by atoms with Crippen molar-refractivity contribution in [3.8, 4) is 0 Å². The number of fused-ring (bicyclic) bond motifs is 5. The van der Waals surface area contributed by atoms with Crippen molar-refractivity contribution in [2.24, 2.45) is 46.3 Å². The van der Waals surface area contributed by atoms with Gasteiger partial charge in [-0.15, -0.1) is 0 Å². The molecule has 0 bridgehead atoms. The summed E-state index contributed by atoms with van der Waals surface area (Å²) < 4.78 is 10.1. The molecule has 0 unspecified atom stereocenters. The van der Waals surface area contributed by atoms with Crippen molar-refractivity contribution < 1.29 is 29.3 Å². The van der Waals surface area contributed by atoms with Crippen LogP contribution in [0.3, 0.4) is 0 Å². The molecule has 182 valence electrons. The second-order valence-electron chi connectivity index (χ2n) is 11.8. The maximum Gasteiger partial charge on any atom is 0.305 e. The first-order valence-electron chi connectivity index (χ1n) is 12.7. The van der Waals surface area contributed by atoms with Crippen LogP contribution in [0.25, 0.3) is 0 Å². The number of aliphatic hydroxyl groups excluding tert-OH is 2. The van der Waals surface area contributed by atoms with E-state index in [9.17, 15) is 19.8 Å². The van der Waals surface area contributed by atoms with Gasteiger partial charge >= 0.3 is 5.97 Å². The lowest BCUT2D eigenvalue weighted by Gasteiger charge is -2.63. The number of carbonyl (C=O) groups excluding carboxylic acids is 2. The Hall–Kier alpha value is -1.14. The average Bonchev–Trinajstić information content (AvgIpc) is 3.12. The van der Waals surface area contributed by atoms with Gasteiger partial charge in [0.05, 0.1) is 19.3 Å². The highest BCUT2D eigenvalue weighted by atomic mass is 16.5. The Bertz CT molecular complexity index is 710. The zero-order valence-electron chi connectivity index (χ0n) is 20.2. The highest BCUT2D eigenvalue weighted by Crippen LogP contribution is 2.68. The molecule has 4 rings (SSSR count).